The highest BCUT2D eigenvalue weighted by Crippen LogP contribution is 2.16. The summed E-state index contributed by atoms with van der Waals surface area (Å²) in [7, 11) is 1.95. The van der Waals surface area contributed by atoms with Crippen molar-refractivity contribution in [1.29, 1.82) is 0 Å². The lowest BCUT2D eigenvalue weighted by molar-refractivity contribution is 0.629. The molecule has 0 saturated carbocycles. The molecule has 0 aliphatic carbocycles. The number of hydrogen-bond donors (Lipinski definition) is 0. The number of halogens is 1. The van der Waals surface area contributed by atoms with Gasteiger partial charge in [0.05, 0.1) is 11.0 Å². The van der Waals surface area contributed by atoms with Gasteiger partial charge in [-0.15, -0.1) is 0 Å². The molecular formula is C10H11FN2. The molecule has 0 aliphatic rings. The number of aryl methyl sites for hydroxylation is 2. The Kier molecular flexibility index (Phi) is 1.79. The molecular weight excluding hydrogens is 167 g/mol. The van der Waals surface area contributed by atoms with E-state index in [1.54, 1.807) is 6.07 Å². The van der Waals surface area contributed by atoms with Gasteiger partial charge >= 0.3 is 0 Å². The van der Waals surface area contributed by atoms with Crippen LogP contribution in [0.3, 0.4) is 0 Å². The summed E-state index contributed by atoms with van der Waals surface area (Å²) in [5, 5.41) is 0. The zero-order chi connectivity index (χ0) is 9.42. The summed E-state index contributed by atoms with van der Waals surface area (Å²) < 4.78 is 14.8. The number of benzene rings is 1. The topological polar surface area (TPSA) is 17.8 Å². The first-order valence-electron chi connectivity index (χ1n) is 4.33. The number of nitrogens with zero attached hydrogens (tertiary/aromatic N) is 2. The second-order valence-electron chi connectivity index (χ2n) is 3.07. The molecule has 0 aliphatic heterocycles. The molecule has 2 aromatic rings. The van der Waals surface area contributed by atoms with Gasteiger partial charge in [-0.25, -0.2) is 9.37 Å². The normalized spacial score (nSPS) is 11.0. The van der Waals surface area contributed by atoms with Gasteiger partial charge in [-0.05, 0) is 12.1 Å². The Hall–Kier alpha value is -1.38. The molecule has 0 bridgehead atoms. The predicted octanol–water partition coefficient (Wildman–Crippen LogP) is 2.27. The van der Waals surface area contributed by atoms with Crippen LogP contribution in [0.2, 0.25) is 0 Å². The Balaban J connectivity index is 2.76. The maximum atomic E-state index is 12.8. The van der Waals surface area contributed by atoms with Crippen LogP contribution in [0.4, 0.5) is 4.39 Å². The number of aromatic nitrogens is 2. The second kappa shape index (κ2) is 2.83. The number of fused-ring (bicyclic) bond motifs is 1. The summed E-state index contributed by atoms with van der Waals surface area (Å²) in [4.78, 5) is 4.31. The third kappa shape index (κ3) is 1.20. The van der Waals surface area contributed by atoms with E-state index in [9.17, 15) is 4.39 Å². The van der Waals surface area contributed by atoms with Crippen molar-refractivity contribution in [3.63, 3.8) is 0 Å². The van der Waals surface area contributed by atoms with Crippen molar-refractivity contribution in [2.75, 3.05) is 0 Å². The highest BCUT2D eigenvalue weighted by atomic mass is 19.1. The zero-order valence-electron chi connectivity index (χ0n) is 7.71. The Labute approximate surface area is 76.0 Å². The molecule has 1 heterocycles. The summed E-state index contributed by atoms with van der Waals surface area (Å²) in [6.07, 6.45) is 0.868. The van der Waals surface area contributed by atoms with Gasteiger partial charge in [0, 0.05) is 19.5 Å². The highest BCUT2D eigenvalue weighted by Gasteiger charge is 2.05. The summed E-state index contributed by atoms with van der Waals surface area (Å²) in [6.45, 7) is 2.04. The lowest BCUT2D eigenvalue weighted by atomic mass is 10.3. The average Bonchev–Trinajstić information content (AvgIpc) is 2.42. The molecule has 0 saturated heterocycles. The van der Waals surface area contributed by atoms with Gasteiger partial charge in [0.2, 0.25) is 0 Å². The molecule has 13 heavy (non-hydrogen) atoms. The largest absolute Gasteiger partial charge is 0.331 e. The van der Waals surface area contributed by atoms with E-state index in [4.69, 9.17) is 0 Å². The van der Waals surface area contributed by atoms with Crippen molar-refractivity contribution in [2.45, 2.75) is 13.3 Å². The predicted molar refractivity (Wildman–Crippen MR) is 50.1 cm³/mol. The lowest BCUT2D eigenvalue weighted by Crippen LogP contribution is -1.94. The molecule has 0 fully saturated rings. The summed E-state index contributed by atoms with van der Waals surface area (Å²) >= 11 is 0. The van der Waals surface area contributed by atoms with Crippen LogP contribution in [0.5, 0.6) is 0 Å². The van der Waals surface area contributed by atoms with Crippen molar-refractivity contribution in [1.82, 2.24) is 9.55 Å². The van der Waals surface area contributed by atoms with Gasteiger partial charge in [-0.1, -0.05) is 6.92 Å². The van der Waals surface area contributed by atoms with E-state index in [-0.39, 0.29) is 5.82 Å². The Morgan fingerprint density at radius 1 is 1.46 bits per heavy atom. The number of imidazole rings is 1. The number of rotatable bonds is 1. The van der Waals surface area contributed by atoms with Gasteiger partial charge < -0.3 is 4.57 Å². The molecule has 0 amide bonds. The number of hydrogen-bond acceptors (Lipinski definition) is 1. The zero-order valence-corrected chi connectivity index (χ0v) is 7.71. The Morgan fingerprint density at radius 3 is 2.92 bits per heavy atom. The highest BCUT2D eigenvalue weighted by molar-refractivity contribution is 5.75. The SMILES string of the molecule is CCc1nc2cc(F)ccc2n1C. The van der Waals surface area contributed by atoms with Crippen LogP contribution in [-0.4, -0.2) is 9.55 Å². The average molecular weight is 178 g/mol. The monoisotopic (exact) mass is 178 g/mol. The molecule has 0 unspecified atom stereocenters. The first-order chi connectivity index (χ1) is 6.22. The molecule has 0 radical (unpaired) electrons. The van der Waals surface area contributed by atoms with Crippen LogP contribution in [0.1, 0.15) is 12.7 Å². The van der Waals surface area contributed by atoms with Crippen LogP contribution >= 0.6 is 0 Å². The van der Waals surface area contributed by atoms with E-state index in [0.717, 1.165) is 23.3 Å². The Morgan fingerprint density at radius 2 is 2.23 bits per heavy atom. The fourth-order valence-electron chi connectivity index (χ4n) is 1.54. The van der Waals surface area contributed by atoms with Crippen molar-refractivity contribution in [3.05, 3.63) is 29.8 Å². The first-order valence-corrected chi connectivity index (χ1v) is 4.33. The van der Waals surface area contributed by atoms with E-state index in [2.05, 4.69) is 4.98 Å². The molecule has 68 valence electrons. The van der Waals surface area contributed by atoms with Gasteiger partial charge in [-0.2, -0.15) is 0 Å². The molecule has 0 atom stereocenters. The van der Waals surface area contributed by atoms with Crippen molar-refractivity contribution in [3.8, 4) is 0 Å². The summed E-state index contributed by atoms with van der Waals surface area (Å²) in [5.41, 5.74) is 1.72. The molecule has 1 aromatic heterocycles. The van der Waals surface area contributed by atoms with Crippen LogP contribution in [0, 0.1) is 5.82 Å². The second-order valence-corrected chi connectivity index (χ2v) is 3.07. The lowest BCUT2D eigenvalue weighted by Gasteiger charge is -1.97. The first kappa shape index (κ1) is 8.23. The minimum atomic E-state index is -0.228. The summed E-state index contributed by atoms with van der Waals surface area (Å²) in [6, 6.07) is 4.69. The minimum absolute atomic E-state index is 0.228. The van der Waals surface area contributed by atoms with Gasteiger partial charge in [0.25, 0.3) is 0 Å². The van der Waals surface area contributed by atoms with Crippen LogP contribution < -0.4 is 0 Å². The molecule has 1 aromatic carbocycles. The van der Waals surface area contributed by atoms with Gasteiger partial charge in [0.1, 0.15) is 11.6 Å². The van der Waals surface area contributed by atoms with Crippen molar-refractivity contribution < 1.29 is 4.39 Å². The fourth-order valence-corrected chi connectivity index (χ4v) is 1.54. The van der Waals surface area contributed by atoms with Gasteiger partial charge in [0.15, 0.2) is 0 Å². The molecule has 3 heteroatoms. The molecule has 0 spiro atoms. The van der Waals surface area contributed by atoms with E-state index < -0.39 is 0 Å². The standard InChI is InChI=1S/C10H11FN2/c1-3-10-12-8-6-7(11)4-5-9(8)13(10)2/h4-6H,3H2,1-2H3. The quantitative estimate of drug-likeness (QED) is 0.655. The summed E-state index contributed by atoms with van der Waals surface area (Å²) in [5.74, 6) is 0.758. The smallest absolute Gasteiger partial charge is 0.125 e. The minimum Gasteiger partial charge on any atom is -0.331 e. The Bertz CT molecular complexity index is 445. The van der Waals surface area contributed by atoms with E-state index in [1.807, 2.05) is 18.5 Å². The van der Waals surface area contributed by atoms with E-state index >= 15 is 0 Å². The fraction of sp³-hybridized carbons (Fsp3) is 0.300. The molecule has 2 nitrogen and oxygen atoms in total. The third-order valence-corrected chi connectivity index (χ3v) is 2.25. The van der Waals surface area contributed by atoms with E-state index in [1.165, 1.54) is 12.1 Å². The van der Waals surface area contributed by atoms with Gasteiger partial charge in [-0.3, -0.25) is 0 Å². The van der Waals surface area contributed by atoms with Crippen molar-refractivity contribution >= 4 is 11.0 Å². The molecule has 2 rings (SSSR count). The third-order valence-electron chi connectivity index (χ3n) is 2.25. The molecule has 0 N–H and O–H groups in total. The van der Waals surface area contributed by atoms with Crippen LogP contribution in [-0.2, 0) is 13.5 Å². The van der Waals surface area contributed by atoms with Crippen LogP contribution in [0.15, 0.2) is 18.2 Å². The maximum absolute atomic E-state index is 12.8. The van der Waals surface area contributed by atoms with E-state index in [0.29, 0.717) is 0 Å². The maximum Gasteiger partial charge on any atom is 0.125 e. The van der Waals surface area contributed by atoms with Crippen molar-refractivity contribution in [2.24, 2.45) is 7.05 Å². The van der Waals surface area contributed by atoms with Crippen LogP contribution in [0.25, 0.3) is 11.0 Å².